The fourth-order valence-electron chi connectivity index (χ4n) is 0.228. The van der Waals surface area contributed by atoms with Gasteiger partial charge in [-0.25, -0.2) is 0 Å². The molecule has 0 aliphatic heterocycles. The molecule has 7 heavy (non-hydrogen) atoms. The third-order valence-electron chi connectivity index (χ3n) is 1.16. The van der Waals surface area contributed by atoms with E-state index < -0.39 is 0 Å². The first-order valence-corrected chi connectivity index (χ1v) is 2.54. The fraction of sp³-hybridized carbons (Fsp3) is 0.667. The maximum Gasteiger partial charge on any atom is -0.0342 e. The summed E-state index contributed by atoms with van der Waals surface area (Å²) in [7, 11) is 0. The number of allylic oxidation sites excluding steroid dienone is 1. The van der Waals surface area contributed by atoms with Crippen LogP contribution >= 0.6 is 0 Å². The molecule has 0 aromatic carbocycles. The number of hydrogen-bond donors (Lipinski definition) is 0. The minimum absolute atomic E-state index is 0.0440. The molecule has 0 aromatic rings. The van der Waals surface area contributed by atoms with Gasteiger partial charge in [0.25, 0.3) is 0 Å². The molecule has 0 radical (unpaired) electrons. The monoisotopic (exact) mass is 99.1 g/mol. The van der Waals surface area contributed by atoms with Crippen LogP contribution in [0.1, 0.15) is 20.3 Å². The lowest BCUT2D eigenvalue weighted by atomic mass is 10.1. The van der Waals surface area contributed by atoms with E-state index in [4.69, 9.17) is 0 Å². The molecule has 0 aliphatic rings. The van der Waals surface area contributed by atoms with Gasteiger partial charge < -0.3 is 5.11 Å². The molecule has 0 aliphatic carbocycles. The summed E-state index contributed by atoms with van der Waals surface area (Å²) in [6.45, 7) is 7.13. The van der Waals surface area contributed by atoms with Gasteiger partial charge in [-0.2, -0.15) is 0 Å². The molecule has 0 bridgehead atoms. The molecule has 1 heteroatoms. The third-order valence-corrected chi connectivity index (χ3v) is 1.16. The van der Waals surface area contributed by atoms with Crippen LogP contribution in [0.4, 0.5) is 0 Å². The summed E-state index contributed by atoms with van der Waals surface area (Å²) in [6.07, 6.45) is 0.905. The summed E-state index contributed by atoms with van der Waals surface area (Å²) in [5, 5.41) is 10.3. The van der Waals surface area contributed by atoms with Crippen molar-refractivity contribution in [1.29, 1.82) is 0 Å². The molecule has 0 fully saturated rings. The SMILES string of the molecule is C=C([O-])C(C)CC. The molecule has 1 atom stereocenters. The highest BCUT2D eigenvalue weighted by molar-refractivity contribution is 4.82. The molecule has 0 spiro atoms. The first kappa shape index (κ1) is 6.54. The van der Waals surface area contributed by atoms with Crippen LogP contribution in [0.5, 0.6) is 0 Å². The van der Waals surface area contributed by atoms with Crippen molar-refractivity contribution in [3.8, 4) is 0 Å². The Morgan fingerprint density at radius 2 is 2.29 bits per heavy atom. The van der Waals surface area contributed by atoms with E-state index in [0.29, 0.717) is 0 Å². The van der Waals surface area contributed by atoms with Crippen molar-refractivity contribution in [2.24, 2.45) is 5.92 Å². The highest BCUT2D eigenvalue weighted by atomic mass is 16.3. The quantitative estimate of drug-likeness (QED) is 0.472. The zero-order valence-corrected chi connectivity index (χ0v) is 4.90. The lowest BCUT2D eigenvalue weighted by Crippen LogP contribution is -2.09. The molecular formula is C6H11O-. The van der Waals surface area contributed by atoms with E-state index in [-0.39, 0.29) is 11.7 Å². The standard InChI is InChI=1S/C6H12O/c1-4-5(2)6(3)7/h5,7H,3-4H2,1-2H3/p-1. The largest absolute Gasteiger partial charge is 0.876 e. The Labute approximate surface area is 44.7 Å². The lowest BCUT2D eigenvalue weighted by molar-refractivity contribution is -0.313. The molecule has 1 unspecified atom stereocenters. The van der Waals surface area contributed by atoms with Gasteiger partial charge in [0.15, 0.2) is 0 Å². The average molecular weight is 99.2 g/mol. The van der Waals surface area contributed by atoms with Crippen LogP contribution in [0.2, 0.25) is 0 Å². The molecule has 0 saturated heterocycles. The van der Waals surface area contributed by atoms with Gasteiger partial charge in [0.2, 0.25) is 0 Å². The molecule has 0 rings (SSSR count). The minimum atomic E-state index is 0.0440. The molecule has 0 amide bonds. The third kappa shape index (κ3) is 2.26. The van der Waals surface area contributed by atoms with E-state index in [2.05, 4.69) is 6.58 Å². The Morgan fingerprint density at radius 3 is 2.29 bits per heavy atom. The minimum Gasteiger partial charge on any atom is -0.876 e. The van der Waals surface area contributed by atoms with Crippen LogP contribution in [0.3, 0.4) is 0 Å². The van der Waals surface area contributed by atoms with Crippen LogP contribution in [-0.4, -0.2) is 0 Å². The molecule has 0 aromatic heterocycles. The highest BCUT2D eigenvalue weighted by Gasteiger charge is 1.89. The molecular weight excluding hydrogens is 88.1 g/mol. The van der Waals surface area contributed by atoms with E-state index in [1.165, 1.54) is 0 Å². The van der Waals surface area contributed by atoms with Crippen molar-refractivity contribution in [3.05, 3.63) is 12.3 Å². The maximum absolute atomic E-state index is 10.3. The lowest BCUT2D eigenvalue weighted by Gasteiger charge is -2.15. The van der Waals surface area contributed by atoms with Crippen molar-refractivity contribution < 1.29 is 5.11 Å². The Kier molecular flexibility index (Phi) is 2.49. The van der Waals surface area contributed by atoms with Gasteiger partial charge in [-0.3, -0.25) is 0 Å². The van der Waals surface area contributed by atoms with Gasteiger partial charge in [-0.05, 0) is 5.92 Å². The first-order valence-electron chi connectivity index (χ1n) is 2.54. The van der Waals surface area contributed by atoms with Crippen molar-refractivity contribution in [1.82, 2.24) is 0 Å². The number of rotatable bonds is 2. The van der Waals surface area contributed by atoms with E-state index >= 15 is 0 Å². The van der Waals surface area contributed by atoms with Crippen LogP contribution in [0.25, 0.3) is 0 Å². The Morgan fingerprint density at radius 1 is 1.86 bits per heavy atom. The summed E-state index contributed by atoms with van der Waals surface area (Å²) in [4.78, 5) is 0. The summed E-state index contributed by atoms with van der Waals surface area (Å²) in [5.41, 5.74) is 0. The van der Waals surface area contributed by atoms with Crippen LogP contribution in [-0.2, 0) is 0 Å². The van der Waals surface area contributed by atoms with E-state index in [0.717, 1.165) is 6.42 Å². The predicted octanol–water partition coefficient (Wildman–Crippen LogP) is 0.906. The van der Waals surface area contributed by atoms with Gasteiger partial charge in [0.05, 0.1) is 0 Å². The van der Waals surface area contributed by atoms with Gasteiger partial charge in [-0.1, -0.05) is 20.3 Å². The average Bonchev–Trinajstić information content (AvgIpc) is 1.65. The summed E-state index contributed by atoms with van der Waals surface area (Å²) in [5.74, 6) is 0.197. The summed E-state index contributed by atoms with van der Waals surface area (Å²) in [6, 6.07) is 0. The molecule has 1 nitrogen and oxygen atoms in total. The Balaban J connectivity index is 3.34. The Bertz CT molecular complexity index is 66.6. The Hall–Kier alpha value is -0.460. The smallest absolute Gasteiger partial charge is 0.0342 e. The number of hydrogen-bond acceptors (Lipinski definition) is 1. The van der Waals surface area contributed by atoms with Crippen LogP contribution in [0.15, 0.2) is 12.3 Å². The second kappa shape index (κ2) is 2.67. The van der Waals surface area contributed by atoms with Crippen LogP contribution < -0.4 is 5.11 Å². The zero-order chi connectivity index (χ0) is 5.86. The molecule has 0 heterocycles. The zero-order valence-electron chi connectivity index (χ0n) is 4.90. The van der Waals surface area contributed by atoms with Crippen molar-refractivity contribution in [2.75, 3.05) is 0 Å². The van der Waals surface area contributed by atoms with Crippen LogP contribution in [0, 0.1) is 5.92 Å². The van der Waals surface area contributed by atoms with Crippen molar-refractivity contribution >= 4 is 0 Å². The van der Waals surface area contributed by atoms with E-state index in [1.54, 1.807) is 0 Å². The summed E-state index contributed by atoms with van der Waals surface area (Å²) >= 11 is 0. The maximum atomic E-state index is 10.3. The van der Waals surface area contributed by atoms with Gasteiger partial charge >= 0.3 is 0 Å². The normalized spacial score (nSPS) is 13.4. The fourth-order valence-corrected chi connectivity index (χ4v) is 0.228. The van der Waals surface area contributed by atoms with E-state index in [9.17, 15) is 5.11 Å². The predicted molar refractivity (Wildman–Crippen MR) is 28.6 cm³/mol. The second-order valence-corrected chi connectivity index (χ2v) is 1.78. The summed E-state index contributed by atoms with van der Waals surface area (Å²) < 4.78 is 0. The van der Waals surface area contributed by atoms with Crippen molar-refractivity contribution in [2.45, 2.75) is 20.3 Å². The molecule has 42 valence electrons. The highest BCUT2D eigenvalue weighted by Crippen LogP contribution is 2.04. The van der Waals surface area contributed by atoms with E-state index in [1.807, 2.05) is 13.8 Å². The molecule has 0 N–H and O–H groups in total. The van der Waals surface area contributed by atoms with Gasteiger partial charge in [0, 0.05) is 0 Å². The second-order valence-electron chi connectivity index (χ2n) is 1.78. The first-order chi connectivity index (χ1) is 3.18. The van der Waals surface area contributed by atoms with Gasteiger partial charge in [-0.15, -0.1) is 12.3 Å². The van der Waals surface area contributed by atoms with Crippen molar-refractivity contribution in [3.63, 3.8) is 0 Å². The molecule has 0 saturated carbocycles. The van der Waals surface area contributed by atoms with Gasteiger partial charge in [0.1, 0.15) is 0 Å². The topological polar surface area (TPSA) is 23.1 Å².